The molecule has 0 saturated heterocycles. The van der Waals surface area contributed by atoms with Gasteiger partial charge in [-0.3, -0.25) is 0 Å². The first-order valence-corrected chi connectivity index (χ1v) is 7.80. The fourth-order valence-corrected chi connectivity index (χ4v) is 3.69. The number of furan rings is 1. The van der Waals surface area contributed by atoms with Gasteiger partial charge in [0.25, 0.3) is 0 Å². The predicted molar refractivity (Wildman–Crippen MR) is 75.0 cm³/mol. The molecule has 2 aromatic heterocycles. The molecule has 120 valence electrons. The number of carboxylic acids is 1. The van der Waals surface area contributed by atoms with Crippen molar-refractivity contribution in [3.8, 4) is 0 Å². The molecule has 0 bridgehead atoms. The molecule has 9 heteroatoms. The van der Waals surface area contributed by atoms with Gasteiger partial charge in [-0.1, -0.05) is 5.16 Å². The fourth-order valence-electron chi connectivity index (χ4n) is 2.18. The molecule has 0 unspecified atom stereocenters. The molecule has 22 heavy (non-hydrogen) atoms. The number of aryl methyl sites for hydroxylation is 3. The largest absolute Gasteiger partial charge is 0.478 e. The van der Waals surface area contributed by atoms with Gasteiger partial charge < -0.3 is 14.0 Å². The van der Waals surface area contributed by atoms with Crippen molar-refractivity contribution >= 4 is 16.0 Å². The number of aromatic carboxylic acids is 1. The molecule has 0 spiro atoms. The van der Waals surface area contributed by atoms with Gasteiger partial charge >= 0.3 is 5.97 Å². The van der Waals surface area contributed by atoms with Crippen LogP contribution in [0.2, 0.25) is 0 Å². The van der Waals surface area contributed by atoms with Crippen molar-refractivity contribution in [2.75, 3.05) is 7.05 Å². The molecular formula is C13H16N2O6S. The van der Waals surface area contributed by atoms with E-state index < -0.39 is 16.0 Å². The summed E-state index contributed by atoms with van der Waals surface area (Å²) in [5.74, 6) is -0.701. The van der Waals surface area contributed by atoms with Crippen LogP contribution < -0.4 is 0 Å². The molecule has 0 aliphatic heterocycles. The summed E-state index contributed by atoms with van der Waals surface area (Å²) < 4.78 is 36.4. The van der Waals surface area contributed by atoms with Gasteiger partial charge in [0.2, 0.25) is 10.0 Å². The van der Waals surface area contributed by atoms with Crippen LogP contribution in [0.5, 0.6) is 0 Å². The highest BCUT2D eigenvalue weighted by molar-refractivity contribution is 7.89. The summed E-state index contributed by atoms with van der Waals surface area (Å²) in [4.78, 5) is 11.0. The highest BCUT2D eigenvalue weighted by Crippen LogP contribution is 2.29. The number of hydrogen-bond donors (Lipinski definition) is 1. The molecular weight excluding hydrogens is 312 g/mol. The molecule has 1 N–H and O–H groups in total. The molecule has 2 rings (SSSR count). The first-order chi connectivity index (χ1) is 10.1. The molecule has 8 nitrogen and oxygen atoms in total. The Balaban J connectivity index is 2.44. The number of nitrogens with zero attached hydrogens (tertiary/aromatic N) is 2. The first kappa shape index (κ1) is 16.2. The Hall–Kier alpha value is -2.13. The summed E-state index contributed by atoms with van der Waals surface area (Å²) in [6, 6.07) is 1.61. The third kappa shape index (κ3) is 2.77. The molecule has 0 fully saturated rings. The molecule has 0 atom stereocenters. The van der Waals surface area contributed by atoms with Crippen molar-refractivity contribution < 1.29 is 27.3 Å². The highest BCUT2D eigenvalue weighted by atomic mass is 32.2. The van der Waals surface area contributed by atoms with E-state index in [9.17, 15) is 18.3 Å². The zero-order valence-electron chi connectivity index (χ0n) is 12.6. The van der Waals surface area contributed by atoms with Crippen LogP contribution in [-0.2, 0) is 16.6 Å². The van der Waals surface area contributed by atoms with Gasteiger partial charge in [0.05, 0.1) is 12.2 Å². The number of aromatic nitrogens is 1. The third-order valence-electron chi connectivity index (χ3n) is 3.15. The summed E-state index contributed by atoms with van der Waals surface area (Å²) in [6.07, 6.45) is 0. The van der Waals surface area contributed by atoms with Crippen LogP contribution in [0.25, 0.3) is 0 Å². The average molecular weight is 328 g/mol. The Morgan fingerprint density at radius 1 is 1.32 bits per heavy atom. The first-order valence-electron chi connectivity index (χ1n) is 6.36. The summed E-state index contributed by atoms with van der Waals surface area (Å²) in [7, 11) is -2.70. The quantitative estimate of drug-likeness (QED) is 0.888. The number of hydrogen-bond acceptors (Lipinski definition) is 6. The zero-order valence-corrected chi connectivity index (χ0v) is 13.4. The Morgan fingerprint density at radius 2 is 1.95 bits per heavy atom. The number of sulfonamides is 1. The Bertz CT molecular complexity index is 818. The number of carboxylic acid groups (broad SMARTS) is 1. The van der Waals surface area contributed by atoms with Gasteiger partial charge in [0.15, 0.2) is 0 Å². The standard InChI is InChI=1S/C13H16N2O6S/c1-7-5-10(14-21-7)6-15(4)22(18,19)12-9(3)20-8(2)11(12)13(16)17/h5H,6H2,1-4H3,(H,16,17). The molecule has 0 amide bonds. The van der Waals surface area contributed by atoms with Gasteiger partial charge in [0.1, 0.15) is 27.7 Å². The highest BCUT2D eigenvalue weighted by Gasteiger charge is 2.33. The van der Waals surface area contributed by atoms with E-state index in [-0.39, 0.29) is 28.5 Å². The van der Waals surface area contributed by atoms with Crippen molar-refractivity contribution in [2.45, 2.75) is 32.2 Å². The van der Waals surface area contributed by atoms with Gasteiger partial charge in [-0.05, 0) is 20.8 Å². The second-order valence-electron chi connectivity index (χ2n) is 4.91. The molecule has 2 aromatic rings. The maximum atomic E-state index is 12.6. The van der Waals surface area contributed by atoms with Crippen LogP contribution in [0.3, 0.4) is 0 Å². The van der Waals surface area contributed by atoms with Crippen molar-refractivity contribution in [3.05, 3.63) is 34.6 Å². The number of carbonyl (C=O) groups is 1. The summed E-state index contributed by atoms with van der Waals surface area (Å²) in [5.41, 5.74) is 0.0824. The van der Waals surface area contributed by atoms with E-state index in [1.54, 1.807) is 13.0 Å². The topological polar surface area (TPSA) is 114 Å². The van der Waals surface area contributed by atoms with Gasteiger partial charge in [-0.25, -0.2) is 13.2 Å². The lowest BCUT2D eigenvalue weighted by Gasteiger charge is -2.15. The van der Waals surface area contributed by atoms with Crippen molar-refractivity contribution in [1.82, 2.24) is 9.46 Å². The van der Waals surface area contributed by atoms with Gasteiger partial charge in [0, 0.05) is 13.1 Å². The van der Waals surface area contributed by atoms with Crippen LogP contribution in [0, 0.1) is 20.8 Å². The lowest BCUT2D eigenvalue weighted by molar-refractivity contribution is 0.0691. The molecule has 0 saturated carbocycles. The normalized spacial score (nSPS) is 12.0. The molecule has 0 aliphatic rings. The Morgan fingerprint density at radius 3 is 2.45 bits per heavy atom. The van der Waals surface area contributed by atoms with Crippen LogP contribution in [0.1, 0.15) is 33.3 Å². The minimum atomic E-state index is -4.04. The Labute approximate surface area is 127 Å². The SMILES string of the molecule is Cc1cc(CN(C)S(=O)(=O)c2c(C)oc(C)c2C(=O)O)no1. The maximum Gasteiger partial charge on any atom is 0.340 e. The zero-order chi connectivity index (χ0) is 16.7. The van der Waals surface area contributed by atoms with Crippen LogP contribution in [0.4, 0.5) is 0 Å². The van der Waals surface area contributed by atoms with Gasteiger partial charge in [-0.15, -0.1) is 0 Å². The Kier molecular flexibility index (Phi) is 4.12. The maximum absolute atomic E-state index is 12.6. The van der Waals surface area contributed by atoms with Crippen molar-refractivity contribution in [2.24, 2.45) is 0 Å². The minimum Gasteiger partial charge on any atom is -0.478 e. The fraction of sp³-hybridized carbons (Fsp3) is 0.385. The summed E-state index contributed by atoms with van der Waals surface area (Å²) >= 11 is 0. The van der Waals surface area contributed by atoms with E-state index in [0.717, 1.165) is 4.31 Å². The third-order valence-corrected chi connectivity index (χ3v) is 5.11. The van der Waals surface area contributed by atoms with Crippen LogP contribution >= 0.6 is 0 Å². The summed E-state index contributed by atoms with van der Waals surface area (Å²) in [5, 5.41) is 13.0. The van der Waals surface area contributed by atoms with E-state index in [1.165, 1.54) is 20.9 Å². The van der Waals surface area contributed by atoms with E-state index in [1.807, 2.05) is 0 Å². The minimum absolute atomic E-state index is 0.0393. The second kappa shape index (κ2) is 5.58. The van der Waals surface area contributed by atoms with E-state index in [4.69, 9.17) is 8.94 Å². The van der Waals surface area contributed by atoms with Crippen molar-refractivity contribution in [3.63, 3.8) is 0 Å². The van der Waals surface area contributed by atoms with Crippen LogP contribution in [-0.4, -0.2) is 36.0 Å². The molecule has 0 aromatic carbocycles. The lowest BCUT2D eigenvalue weighted by atomic mass is 10.2. The molecule has 2 heterocycles. The molecule has 0 radical (unpaired) electrons. The van der Waals surface area contributed by atoms with E-state index in [2.05, 4.69) is 5.16 Å². The molecule has 0 aliphatic carbocycles. The lowest BCUT2D eigenvalue weighted by Crippen LogP contribution is -2.28. The monoisotopic (exact) mass is 328 g/mol. The van der Waals surface area contributed by atoms with Crippen molar-refractivity contribution in [1.29, 1.82) is 0 Å². The second-order valence-corrected chi connectivity index (χ2v) is 6.90. The predicted octanol–water partition coefficient (Wildman–Crippen LogP) is 1.71. The number of rotatable bonds is 5. The summed E-state index contributed by atoms with van der Waals surface area (Å²) in [6.45, 7) is 4.48. The smallest absolute Gasteiger partial charge is 0.340 e. The van der Waals surface area contributed by atoms with E-state index >= 15 is 0 Å². The van der Waals surface area contributed by atoms with Crippen LogP contribution in [0.15, 0.2) is 19.9 Å². The average Bonchev–Trinajstić information content (AvgIpc) is 2.92. The van der Waals surface area contributed by atoms with E-state index in [0.29, 0.717) is 11.5 Å². The van der Waals surface area contributed by atoms with Gasteiger partial charge in [-0.2, -0.15) is 4.31 Å².